The molecule has 2 N–H and O–H groups in total. The van der Waals surface area contributed by atoms with Crippen LogP contribution >= 0.6 is 22.9 Å². The highest BCUT2D eigenvalue weighted by molar-refractivity contribution is 7.90. The molecule has 1 atom stereocenters. The molecule has 1 heterocycles. The molecule has 1 aromatic heterocycles. The molecular weight excluding hydrogens is 494 g/mol. The van der Waals surface area contributed by atoms with Crippen LogP contribution in [0, 0.1) is 0 Å². The third kappa shape index (κ3) is 5.61. The van der Waals surface area contributed by atoms with E-state index in [0.29, 0.717) is 25.9 Å². The number of anilines is 1. The third-order valence-electron chi connectivity index (χ3n) is 5.05. The van der Waals surface area contributed by atoms with Crippen LogP contribution in [-0.2, 0) is 14.6 Å². The van der Waals surface area contributed by atoms with E-state index in [1.54, 1.807) is 30.3 Å². The van der Waals surface area contributed by atoms with Crippen LogP contribution in [0.25, 0.3) is 10.2 Å². The number of aromatic nitrogens is 1. The summed E-state index contributed by atoms with van der Waals surface area (Å²) in [6, 6.07) is 19.9. The Balaban J connectivity index is 1.53. The van der Waals surface area contributed by atoms with E-state index in [2.05, 4.69) is 15.6 Å². The van der Waals surface area contributed by atoms with Crippen LogP contribution in [0.2, 0.25) is 5.02 Å². The van der Waals surface area contributed by atoms with E-state index in [1.807, 2.05) is 30.3 Å². The minimum Gasteiger partial charge on any atom is -0.345 e. The Labute approximate surface area is 205 Å². The molecule has 0 bridgehead atoms. The van der Waals surface area contributed by atoms with Crippen molar-refractivity contribution in [2.45, 2.75) is 17.4 Å². The summed E-state index contributed by atoms with van der Waals surface area (Å²) in [6.45, 7) is 0. The number of hydrogen-bond donors (Lipinski definition) is 2. The van der Waals surface area contributed by atoms with Gasteiger partial charge in [0.2, 0.25) is 5.91 Å². The van der Waals surface area contributed by atoms with Crippen molar-refractivity contribution in [2.75, 3.05) is 11.6 Å². The number of sulfone groups is 1. The highest BCUT2D eigenvalue weighted by Crippen LogP contribution is 2.29. The maximum absolute atomic E-state index is 12.9. The van der Waals surface area contributed by atoms with Gasteiger partial charge in [-0.2, -0.15) is 0 Å². The molecule has 0 fully saturated rings. The first kappa shape index (κ1) is 23.9. The zero-order valence-electron chi connectivity index (χ0n) is 18.0. The van der Waals surface area contributed by atoms with E-state index in [4.69, 9.17) is 11.6 Å². The number of nitrogens with one attached hydrogen (secondary N) is 2. The van der Waals surface area contributed by atoms with Gasteiger partial charge in [0.1, 0.15) is 0 Å². The summed E-state index contributed by atoms with van der Waals surface area (Å²) in [5.41, 5.74) is 1.66. The van der Waals surface area contributed by atoms with Crippen LogP contribution in [-0.4, -0.2) is 31.5 Å². The molecule has 4 aromatic rings. The molecule has 0 saturated heterocycles. The molecule has 10 heteroatoms. The topological polar surface area (TPSA) is 105 Å². The summed E-state index contributed by atoms with van der Waals surface area (Å²) in [7, 11) is -3.35. The molecule has 0 spiro atoms. The number of halogens is 1. The fourth-order valence-electron chi connectivity index (χ4n) is 3.36. The van der Waals surface area contributed by atoms with Crippen molar-refractivity contribution in [2.24, 2.45) is 0 Å². The first-order valence-corrected chi connectivity index (χ1v) is 13.3. The predicted octanol–water partition coefficient (Wildman–Crippen LogP) is 4.85. The van der Waals surface area contributed by atoms with Gasteiger partial charge in [0.05, 0.1) is 38.2 Å². The maximum atomic E-state index is 12.9. The zero-order valence-corrected chi connectivity index (χ0v) is 20.4. The number of fused-ring (bicyclic) bond motifs is 1. The van der Waals surface area contributed by atoms with E-state index in [1.165, 1.54) is 23.5 Å². The van der Waals surface area contributed by atoms with Crippen LogP contribution in [0.1, 0.15) is 28.4 Å². The average Bonchev–Trinajstić information content (AvgIpc) is 3.20. The van der Waals surface area contributed by atoms with Crippen molar-refractivity contribution in [1.29, 1.82) is 0 Å². The van der Waals surface area contributed by atoms with Gasteiger partial charge in [-0.25, -0.2) is 13.4 Å². The van der Waals surface area contributed by atoms with Gasteiger partial charge in [-0.05, 0) is 35.9 Å². The molecule has 0 aliphatic carbocycles. The highest BCUT2D eigenvalue weighted by Gasteiger charge is 2.21. The molecule has 34 heavy (non-hydrogen) atoms. The zero-order chi connectivity index (χ0) is 24.3. The Morgan fingerprint density at radius 2 is 1.74 bits per heavy atom. The van der Waals surface area contributed by atoms with Crippen molar-refractivity contribution < 1.29 is 18.0 Å². The van der Waals surface area contributed by atoms with E-state index in [-0.39, 0.29) is 23.1 Å². The number of rotatable bonds is 7. The molecule has 1 unspecified atom stereocenters. The van der Waals surface area contributed by atoms with Crippen molar-refractivity contribution in [1.82, 2.24) is 10.3 Å². The van der Waals surface area contributed by atoms with Crippen LogP contribution in [0.15, 0.2) is 77.7 Å². The average molecular weight is 514 g/mol. The second-order valence-electron chi connectivity index (χ2n) is 7.59. The maximum Gasteiger partial charge on any atom is 0.253 e. The molecule has 2 amide bonds. The number of benzene rings is 3. The minimum atomic E-state index is -3.35. The summed E-state index contributed by atoms with van der Waals surface area (Å²) >= 11 is 7.33. The van der Waals surface area contributed by atoms with Gasteiger partial charge < -0.3 is 10.6 Å². The fraction of sp³-hybridized carbons (Fsp3) is 0.125. The fourth-order valence-corrected chi connectivity index (χ4v) is 5.23. The summed E-state index contributed by atoms with van der Waals surface area (Å²) in [5.74, 6) is -0.740. The number of carbonyl (C=O) groups is 2. The van der Waals surface area contributed by atoms with Gasteiger partial charge in [-0.3, -0.25) is 9.59 Å². The lowest BCUT2D eigenvalue weighted by molar-refractivity contribution is -0.116. The van der Waals surface area contributed by atoms with Crippen molar-refractivity contribution in [3.8, 4) is 0 Å². The SMILES string of the molecule is CS(=O)(=O)c1ccc2nc(NC(=O)CC(NC(=O)c3ccccc3Cl)c3ccccc3)sc2c1. The summed E-state index contributed by atoms with van der Waals surface area (Å²) in [6.07, 6.45) is 1.10. The predicted molar refractivity (Wildman–Crippen MR) is 134 cm³/mol. The molecule has 0 aliphatic rings. The third-order valence-corrected chi connectivity index (χ3v) is 7.42. The van der Waals surface area contributed by atoms with Gasteiger partial charge >= 0.3 is 0 Å². The van der Waals surface area contributed by atoms with Crippen LogP contribution < -0.4 is 10.6 Å². The first-order valence-electron chi connectivity index (χ1n) is 10.2. The van der Waals surface area contributed by atoms with E-state index in [0.717, 1.165) is 11.8 Å². The van der Waals surface area contributed by atoms with Gasteiger partial charge in [0.15, 0.2) is 15.0 Å². The molecule has 0 saturated carbocycles. The summed E-state index contributed by atoms with van der Waals surface area (Å²) in [4.78, 5) is 30.3. The van der Waals surface area contributed by atoms with Crippen molar-refractivity contribution in [3.05, 3.63) is 88.9 Å². The molecule has 3 aromatic carbocycles. The molecule has 0 radical (unpaired) electrons. The molecular formula is C24H20ClN3O4S2. The van der Waals surface area contributed by atoms with Crippen LogP contribution in [0.4, 0.5) is 5.13 Å². The lowest BCUT2D eigenvalue weighted by atomic mass is 10.0. The Morgan fingerprint density at radius 3 is 2.44 bits per heavy atom. The first-order chi connectivity index (χ1) is 16.2. The quantitative estimate of drug-likeness (QED) is 0.367. The number of amides is 2. The number of thiazole rings is 1. The lowest BCUT2D eigenvalue weighted by Crippen LogP contribution is -2.31. The molecule has 7 nitrogen and oxygen atoms in total. The number of carbonyl (C=O) groups excluding carboxylic acids is 2. The summed E-state index contributed by atoms with van der Waals surface area (Å²) in [5, 5.41) is 6.31. The van der Waals surface area contributed by atoms with Gasteiger partial charge in [-0.15, -0.1) is 0 Å². The van der Waals surface area contributed by atoms with Gasteiger partial charge in [0.25, 0.3) is 5.91 Å². The van der Waals surface area contributed by atoms with Crippen LogP contribution in [0.5, 0.6) is 0 Å². The van der Waals surface area contributed by atoms with Gasteiger partial charge in [-0.1, -0.05) is 65.4 Å². The monoisotopic (exact) mass is 513 g/mol. The van der Waals surface area contributed by atoms with Gasteiger partial charge in [0, 0.05) is 6.26 Å². The molecule has 174 valence electrons. The highest BCUT2D eigenvalue weighted by atomic mass is 35.5. The largest absolute Gasteiger partial charge is 0.345 e. The lowest BCUT2D eigenvalue weighted by Gasteiger charge is -2.19. The second-order valence-corrected chi connectivity index (χ2v) is 11.0. The van der Waals surface area contributed by atoms with E-state index in [9.17, 15) is 18.0 Å². The number of hydrogen-bond acceptors (Lipinski definition) is 6. The number of nitrogens with zero attached hydrogens (tertiary/aromatic N) is 1. The summed E-state index contributed by atoms with van der Waals surface area (Å²) < 4.78 is 24.2. The van der Waals surface area contributed by atoms with E-state index >= 15 is 0 Å². The van der Waals surface area contributed by atoms with Crippen LogP contribution in [0.3, 0.4) is 0 Å². The Bertz CT molecular complexity index is 1470. The van der Waals surface area contributed by atoms with E-state index < -0.39 is 15.9 Å². The Morgan fingerprint density at radius 1 is 1.03 bits per heavy atom. The smallest absolute Gasteiger partial charge is 0.253 e. The van der Waals surface area contributed by atoms with Crippen molar-refractivity contribution >= 4 is 59.9 Å². The standard InChI is InChI=1S/C24H20ClN3O4S2/c1-34(31,32)16-11-12-19-21(13-16)33-24(27-19)28-22(29)14-20(15-7-3-2-4-8-15)26-23(30)17-9-5-6-10-18(17)25/h2-13,20H,14H2,1H3,(H,26,30)(H,27,28,29). The second kappa shape index (κ2) is 9.92. The minimum absolute atomic E-state index is 0.0370. The van der Waals surface area contributed by atoms with Crippen molar-refractivity contribution in [3.63, 3.8) is 0 Å². The molecule has 4 rings (SSSR count). The Kier molecular flexibility index (Phi) is 6.97. The Hall–Kier alpha value is -3.27. The normalized spacial score (nSPS) is 12.3. The molecule has 0 aliphatic heterocycles.